The number of rotatable bonds is 5. The van der Waals surface area contributed by atoms with E-state index in [2.05, 4.69) is 10.1 Å². The van der Waals surface area contributed by atoms with Crippen molar-refractivity contribution in [2.75, 3.05) is 18.1 Å². The normalized spacial score (nSPS) is 22.1. The molecule has 1 aliphatic rings. The van der Waals surface area contributed by atoms with E-state index < -0.39 is 15.8 Å². The van der Waals surface area contributed by atoms with Gasteiger partial charge in [0, 0.05) is 12.5 Å². The second-order valence-electron chi connectivity index (χ2n) is 3.97. The van der Waals surface area contributed by atoms with Gasteiger partial charge in [-0.2, -0.15) is 0 Å². The van der Waals surface area contributed by atoms with Gasteiger partial charge in [0.2, 0.25) is 5.91 Å². The van der Waals surface area contributed by atoms with Crippen molar-refractivity contribution in [2.24, 2.45) is 0 Å². The maximum atomic E-state index is 11.4. The second kappa shape index (κ2) is 6.00. The molecule has 1 amide bonds. The van der Waals surface area contributed by atoms with Crippen LogP contribution in [0.3, 0.4) is 0 Å². The minimum Gasteiger partial charge on any atom is -0.466 e. The summed E-state index contributed by atoms with van der Waals surface area (Å²) < 4.78 is 27.0. The third-order valence-electron chi connectivity index (χ3n) is 2.46. The monoisotopic (exact) mass is 263 g/mol. The molecule has 0 bridgehead atoms. The summed E-state index contributed by atoms with van der Waals surface area (Å²) in [5.41, 5.74) is 0. The van der Waals surface area contributed by atoms with Gasteiger partial charge in [-0.15, -0.1) is 0 Å². The van der Waals surface area contributed by atoms with E-state index in [4.69, 9.17) is 0 Å². The third kappa shape index (κ3) is 5.16. The van der Waals surface area contributed by atoms with Crippen LogP contribution in [0.1, 0.15) is 26.2 Å². The number of amides is 1. The van der Waals surface area contributed by atoms with E-state index in [1.54, 1.807) is 6.92 Å². The maximum absolute atomic E-state index is 11.4. The van der Waals surface area contributed by atoms with E-state index in [0.29, 0.717) is 13.0 Å². The molecule has 0 aromatic heterocycles. The van der Waals surface area contributed by atoms with Crippen LogP contribution in [0.25, 0.3) is 0 Å². The van der Waals surface area contributed by atoms with Crippen LogP contribution in [0.2, 0.25) is 0 Å². The number of hydrogen-bond acceptors (Lipinski definition) is 5. The van der Waals surface area contributed by atoms with E-state index in [9.17, 15) is 18.0 Å². The fourth-order valence-electron chi connectivity index (χ4n) is 1.66. The van der Waals surface area contributed by atoms with Crippen LogP contribution < -0.4 is 5.32 Å². The van der Waals surface area contributed by atoms with Gasteiger partial charge in [-0.05, 0) is 13.3 Å². The number of sulfone groups is 1. The second-order valence-corrected chi connectivity index (χ2v) is 6.20. The van der Waals surface area contributed by atoms with Gasteiger partial charge in [0.15, 0.2) is 9.84 Å². The Hall–Kier alpha value is -1.11. The summed E-state index contributed by atoms with van der Waals surface area (Å²) in [5.74, 6) is -0.601. The molecule has 1 atom stereocenters. The van der Waals surface area contributed by atoms with Gasteiger partial charge in [0.05, 0.1) is 24.5 Å². The van der Waals surface area contributed by atoms with Gasteiger partial charge in [-0.1, -0.05) is 0 Å². The zero-order valence-corrected chi connectivity index (χ0v) is 10.6. The Morgan fingerprint density at radius 1 is 1.35 bits per heavy atom. The summed E-state index contributed by atoms with van der Waals surface area (Å²) in [5, 5.41) is 2.61. The SMILES string of the molecule is CCOC(=O)CCC(=O)NC1CCS(=O)(=O)C1. The molecule has 1 aliphatic heterocycles. The van der Waals surface area contributed by atoms with Gasteiger partial charge >= 0.3 is 5.97 Å². The molecule has 1 rings (SSSR count). The van der Waals surface area contributed by atoms with E-state index in [0.717, 1.165) is 0 Å². The smallest absolute Gasteiger partial charge is 0.306 e. The Bertz CT molecular complexity index is 390. The van der Waals surface area contributed by atoms with Crippen molar-refractivity contribution < 1.29 is 22.7 Å². The summed E-state index contributed by atoms with van der Waals surface area (Å²) in [6, 6.07) is -0.310. The average molecular weight is 263 g/mol. The van der Waals surface area contributed by atoms with Crippen LogP contribution in [0.5, 0.6) is 0 Å². The molecule has 1 saturated heterocycles. The average Bonchev–Trinajstić information content (AvgIpc) is 2.55. The van der Waals surface area contributed by atoms with Crippen LogP contribution in [-0.4, -0.2) is 44.4 Å². The molecule has 0 aromatic rings. The molecule has 6 nitrogen and oxygen atoms in total. The Kier molecular flexibility index (Phi) is 4.92. The zero-order valence-electron chi connectivity index (χ0n) is 9.77. The minimum atomic E-state index is -2.99. The lowest BCUT2D eigenvalue weighted by molar-refractivity contribution is -0.144. The van der Waals surface area contributed by atoms with Gasteiger partial charge in [-0.3, -0.25) is 9.59 Å². The summed E-state index contributed by atoms with van der Waals surface area (Å²) in [6.45, 7) is 1.99. The van der Waals surface area contributed by atoms with Crippen molar-refractivity contribution in [3.8, 4) is 0 Å². The number of ether oxygens (including phenoxy) is 1. The first kappa shape index (κ1) is 14.0. The van der Waals surface area contributed by atoms with Gasteiger partial charge < -0.3 is 10.1 Å². The molecule has 0 spiro atoms. The Balaban J connectivity index is 2.24. The summed E-state index contributed by atoms with van der Waals surface area (Å²) in [6.07, 6.45) is 0.516. The van der Waals surface area contributed by atoms with E-state index in [-0.39, 0.29) is 36.3 Å². The van der Waals surface area contributed by atoms with Crippen LogP contribution in [0, 0.1) is 0 Å². The maximum Gasteiger partial charge on any atom is 0.306 e. The summed E-state index contributed by atoms with van der Waals surface area (Å²) in [4.78, 5) is 22.4. The lowest BCUT2D eigenvalue weighted by Gasteiger charge is -2.10. The molecule has 0 aromatic carbocycles. The molecule has 98 valence electrons. The van der Waals surface area contributed by atoms with E-state index >= 15 is 0 Å². The number of nitrogens with one attached hydrogen (secondary N) is 1. The largest absolute Gasteiger partial charge is 0.466 e. The molecule has 7 heteroatoms. The highest BCUT2D eigenvalue weighted by atomic mass is 32.2. The van der Waals surface area contributed by atoms with E-state index in [1.807, 2.05) is 0 Å². The molecule has 1 heterocycles. The first-order chi connectivity index (χ1) is 7.93. The van der Waals surface area contributed by atoms with Crippen molar-refractivity contribution in [1.82, 2.24) is 5.32 Å². The number of carbonyl (C=O) groups is 2. The highest BCUT2D eigenvalue weighted by molar-refractivity contribution is 7.91. The molecule has 17 heavy (non-hydrogen) atoms. The van der Waals surface area contributed by atoms with Crippen LogP contribution >= 0.6 is 0 Å². The lowest BCUT2D eigenvalue weighted by Crippen LogP contribution is -2.35. The standard InChI is InChI=1S/C10H17NO5S/c1-2-16-10(13)4-3-9(12)11-8-5-6-17(14,15)7-8/h8H,2-7H2,1H3,(H,11,12). The first-order valence-electron chi connectivity index (χ1n) is 5.58. The lowest BCUT2D eigenvalue weighted by atomic mass is 10.2. The zero-order chi connectivity index (χ0) is 12.9. The van der Waals surface area contributed by atoms with Crippen molar-refractivity contribution in [2.45, 2.75) is 32.2 Å². The van der Waals surface area contributed by atoms with Crippen molar-refractivity contribution in [1.29, 1.82) is 0 Å². The Morgan fingerprint density at radius 2 is 2.06 bits per heavy atom. The topological polar surface area (TPSA) is 89.5 Å². The molecule has 1 fully saturated rings. The summed E-state index contributed by atoms with van der Waals surface area (Å²) in [7, 11) is -2.99. The minimum absolute atomic E-state index is 0.00184. The number of hydrogen-bond donors (Lipinski definition) is 1. The van der Waals surface area contributed by atoms with Gasteiger partial charge in [0.1, 0.15) is 0 Å². The van der Waals surface area contributed by atoms with Crippen LogP contribution in [0.4, 0.5) is 0 Å². The highest BCUT2D eigenvalue weighted by Gasteiger charge is 2.28. The van der Waals surface area contributed by atoms with Crippen LogP contribution in [-0.2, 0) is 24.2 Å². The van der Waals surface area contributed by atoms with Crippen molar-refractivity contribution in [3.05, 3.63) is 0 Å². The molecule has 0 radical (unpaired) electrons. The van der Waals surface area contributed by atoms with Gasteiger partial charge in [0.25, 0.3) is 0 Å². The van der Waals surface area contributed by atoms with Gasteiger partial charge in [-0.25, -0.2) is 8.42 Å². The fourth-order valence-corrected chi connectivity index (χ4v) is 3.33. The summed E-state index contributed by atoms with van der Waals surface area (Å²) >= 11 is 0. The quantitative estimate of drug-likeness (QED) is 0.684. The molecule has 0 aliphatic carbocycles. The number of esters is 1. The molecule has 1 N–H and O–H groups in total. The predicted molar refractivity (Wildman–Crippen MR) is 61.1 cm³/mol. The highest BCUT2D eigenvalue weighted by Crippen LogP contribution is 2.11. The Labute approximate surface area is 101 Å². The number of carbonyl (C=O) groups excluding carboxylic acids is 2. The fraction of sp³-hybridized carbons (Fsp3) is 0.800. The third-order valence-corrected chi connectivity index (χ3v) is 4.23. The van der Waals surface area contributed by atoms with Crippen molar-refractivity contribution in [3.63, 3.8) is 0 Å². The molecule has 0 saturated carbocycles. The van der Waals surface area contributed by atoms with Crippen molar-refractivity contribution >= 4 is 21.7 Å². The first-order valence-corrected chi connectivity index (χ1v) is 7.40. The predicted octanol–water partition coefficient (Wildman–Crippen LogP) is -0.367. The molecule has 1 unspecified atom stereocenters. The molecular formula is C10H17NO5S. The Morgan fingerprint density at radius 3 is 2.59 bits per heavy atom. The van der Waals surface area contributed by atoms with E-state index in [1.165, 1.54) is 0 Å². The molecular weight excluding hydrogens is 246 g/mol. The van der Waals surface area contributed by atoms with Crippen LogP contribution in [0.15, 0.2) is 0 Å².